The highest BCUT2D eigenvalue weighted by Gasteiger charge is 2.15. The van der Waals surface area contributed by atoms with Crippen LogP contribution < -0.4 is 4.74 Å². The number of aldehydes is 1. The fourth-order valence-corrected chi connectivity index (χ4v) is 3.02. The molecule has 2 aromatic carbocycles. The Morgan fingerprint density at radius 1 is 1.17 bits per heavy atom. The number of rotatable bonds is 4. The molecule has 0 unspecified atom stereocenters. The second kappa shape index (κ2) is 6.09. The van der Waals surface area contributed by atoms with E-state index in [4.69, 9.17) is 16.3 Å². The first kappa shape index (κ1) is 15.6. The molecule has 1 N–H and O–H groups in total. The number of halogens is 1. The minimum absolute atomic E-state index is 0.410. The van der Waals surface area contributed by atoms with Crippen molar-refractivity contribution in [3.63, 3.8) is 0 Å². The van der Waals surface area contributed by atoms with Crippen molar-refractivity contribution in [1.29, 1.82) is 0 Å². The molecule has 23 heavy (non-hydrogen) atoms. The molecule has 0 aliphatic rings. The average Bonchev–Trinajstić information content (AvgIpc) is 2.92. The molecular formula is C19H18ClNO2. The van der Waals surface area contributed by atoms with Crippen LogP contribution in [0.3, 0.4) is 0 Å². The molecule has 0 aliphatic carbocycles. The van der Waals surface area contributed by atoms with E-state index < -0.39 is 0 Å². The molecule has 0 spiro atoms. The van der Waals surface area contributed by atoms with Gasteiger partial charge in [-0.3, -0.25) is 4.79 Å². The summed E-state index contributed by atoms with van der Waals surface area (Å²) < 4.78 is 5.18. The summed E-state index contributed by atoms with van der Waals surface area (Å²) in [6.45, 7) is 4.27. The fraction of sp³-hybridized carbons (Fsp3) is 0.211. The molecule has 0 aliphatic heterocycles. The number of carbonyl (C=O) groups is 1. The van der Waals surface area contributed by atoms with Crippen LogP contribution in [0, 0.1) is 0 Å². The summed E-state index contributed by atoms with van der Waals surface area (Å²) in [6, 6.07) is 11.7. The molecule has 1 aromatic heterocycles. The van der Waals surface area contributed by atoms with Crippen molar-refractivity contribution in [2.75, 3.05) is 7.11 Å². The predicted molar refractivity (Wildman–Crippen MR) is 94.8 cm³/mol. The van der Waals surface area contributed by atoms with Gasteiger partial charge in [0.15, 0.2) is 6.29 Å². The van der Waals surface area contributed by atoms with E-state index in [1.54, 1.807) is 13.2 Å². The van der Waals surface area contributed by atoms with Crippen LogP contribution in [0.4, 0.5) is 0 Å². The van der Waals surface area contributed by atoms with Crippen molar-refractivity contribution in [2.24, 2.45) is 0 Å². The highest BCUT2D eigenvalue weighted by Crippen LogP contribution is 2.34. The quantitative estimate of drug-likeness (QED) is 0.649. The van der Waals surface area contributed by atoms with E-state index in [9.17, 15) is 4.79 Å². The number of ether oxygens (including phenoxy) is 1. The Bertz CT molecular complexity index is 880. The van der Waals surface area contributed by atoms with Gasteiger partial charge in [-0.25, -0.2) is 0 Å². The van der Waals surface area contributed by atoms with Gasteiger partial charge in [-0.2, -0.15) is 0 Å². The maximum Gasteiger partial charge on any atom is 0.152 e. The zero-order valence-electron chi connectivity index (χ0n) is 13.3. The molecule has 0 fully saturated rings. The lowest BCUT2D eigenvalue weighted by Gasteiger charge is -2.06. The first-order chi connectivity index (χ1) is 11.0. The lowest BCUT2D eigenvalue weighted by molar-refractivity contribution is 0.112. The Morgan fingerprint density at radius 2 is 1.96 bits per heavy atom. The van der Waals surface area contributed by atoms with Gasteiger partial charge in [-0.1, -0.05) is 31.5 Å². The highest BCUT2D eigenvalue weighted by atomic mass is 35.5. The molecule has 4 heteroatoms. The van der Waals surface area contributed by atoms with Crippen LogP contribution in [0.2, 0.25) is 5.02 Å². The zero-order chi connectivity index (χ0) is 16.6. The molecule has 0 bridgehead atoms. The number of nitrogens with one attached hydrogen (secondary N) is 1. The van der Waals surface area contributed by atoms with Crippen molar-refractivity contribution < 1.29 is 9.53 Å². The van der Waals surface area contributed by atoms with E-state index in [-0.39, 0.29) is 0 Å². The van der Waals surface area contributed by atoms with Gasteiger partial charge in [0.1, 0.15) is 5.75 Å². The molecular weight excluding hydrogens is 310 g/mol. The molecule has 3 aromatic rings. The van der Waals surface area contributed by atoms with E-state index >= 15 is 0 Å². The fourth-order valence-electron chi connectivity index (χ4n) is 2.76. The van der Waals surface area contributed by atoms with E-state index in [2.05, 4.69) is 31.0 Å². The maximum absolute atomic E-state index is 11.7. The summed E-state index contributed by atoms with van der Waals surface area (Å²) >= 11 is 6.21. The first-order valence-corrected chi connectivity index (χ1v) is 7.87. The normalized spacial score (nSPS) is 11.2. The molecule has 3 rings (SSSR count). The molecule has 0 radical (unpaired) electrons. The van der Waals surface area contributed by atoms with Crippen molar-refractivity contribution in [3.05, 3.63) is 52.5 Å². The van der Waals surface area contributed by atoms with Crippen molar-refractivity contribution in [3.8, 4) is 17.0 Å². The van der Waals surface area contributed by atoms with Gasteiger partial charge in [0.2, 0.25) is 0 Å². The third kappa shape index (κ3) is 2.73. The topological polar surface area (TPSA) is 42.1 Å². The van der Waals surface area contributed by atoms with E-state index in [0.29, 0.717) is 22.3 Å². The lowest BCUT2D eigenvalue weighted by Crippen LogP contribution is -1.88. The van der Waals surface area contributed by atoms with Gasteiger partial charge >= 0.3 is 0 Å². The number of methoxy groups -OCH3 is 1. The second-order valence-electron chi connectivity index (χ2n) is 5.84. The third-order valence-electron chi connectivity index (χ3n) is 4.09. The van der Waals surface area contributed by atoms with Gasteiger partial charge in [0.05, 0.1) is 17.8 Å². The molecule has 0 atom stereocenters. The molecule has 0 amide bonds. The Hall–Kier alpha value is -2.26. The summed E-state index contributed by atoms with van der Waals surface area (Å²) in [4.78, 5) is 15.0. The maximum atomic E-state index is 11.7. The smallest absolute Gasteiger partial charge is 0.152 e. The summed E-state index contributed by atoms with van der Waals surface area (Å²) in [6.07, 6.45) is 0.899. The summed E-state index contributed by atoms with van der Waals surface area (Å²) in [7, 11) is 1.58. The van der Waals surface area contributed by atoms with Crippen molar-refractivity contribution in [1.82, 2.24) is 4.98 Å². The Balaban J connectivity index is 2.21. The van der Waals surface area contributed by atoms with Gasteiger partial charge in [0.25, 0.3) is 0 Å². The lowest BCUT2D eigenvalue weighted by atomic mass is 9.99. The molecule has 1 heterocycles. The van der Waals surface area contributed by atoms with Gasteiger partial charge in [-0.15, -0.1) is 0 Å². The number of benzene rings is 2. The predicted octanol–water partition coefficient (Wildman–Crippen LogP) is 5.43. The molecule has 0 saturated heterocycles. The summed E-state index contributed by atoms with van der Waals surface area (Å²) in [5.41, 5.74) is 4.45. The Morgan fingerprint density at radius 3 is 2.57 bits per heavy atom. The van der Waals surface area contributed by atoms with E-state index in [0.717, 1.165) is 28.4 Å². The van der Waals surface area contributed by atoms with E-state index in [1.807, 2.05) is 18.2 Å². The van der Waals surface area contributed by atoms with E-state index in [1.165, 1.54) is 5.56 Å². The van der Waals surface area contributed by atoms with Crippen LogP contribution in [0.5, 0.6) is 5.75 Å². The second-order valence-corrected chi connectivity index (χ2v) is 6.25. The summed E-state index contributed by atoms with van der Waals surface area (Å²) in [5, 5.41) is 1.46. The van der Waals surface area contributed by atoms with Crippen LogP contribution in [0.25, 0.3) is 22.2 Å². The number of aromatic nitrogens is 1. The number of carbonyl (C=O) groups excluding carboxylic acids is 1. The first-order valence-electron chi connectivity index (χ1n) is 7.50. The van der Waals surface area contributed by atoms with Crippen molar-refractivity contribution >= 4 is 28.8 Å². The molecule has 3 nitrogen and oxygen atoms in total. The standard InChI is InChI=1S/C19H18ClNO2/c1-11(2)12-4-6-17-14(8-12)15(10-22)19(21-17)13-5-7-18(23-3)16(20)9-13/h4-11,21H,1-3H3. The van der Waals surface area contributed by atoms with Gasteiger partial charge < -0.3 is 9.72 Å². The number of hydrogen-bond donors (Lipinski definition) is 1. The largest absolute Gasteiger partial charge is 0.495 e. The number of fused-ring (bicyclic) bond motifs is 1. The summed E-state index contributed by atoms with van der Waals surface area (Å²) in [5.74, 6) is 1.02. The van der Waals surface area contributed by atoms with Crippen LogP contribution in [0.1, 0.15) is 35.7 Å². The number of aromatic amines is 1. The molecule has 118 valence electrons. The van der Waals surface area contributed by atoms with Gasteiger partial charge in [0, 0.05) is 22.0 Å². The van der Waals surface area contributed by atoms with Crippen LogP contribution >= 0.6 is 11.6 Å². The minimum Gasteiger partial charge on any atom is -0.495 e. The third-order valence-corrected chi connectivity index (χ3v) is 4.38. The Kier molecular flexibility index (Phi) is 4.14. The monoisotopic (exact) mass is 327 g/mol. The van der Waals surface area contributed by atoms with Crippen LogP contribution in [0.15, 0.2) is 36.4 Å². The molecule has 0 saturated carbocycles. The highest BCUT2D eigenvalue weighted by molar-refractivity contribution is 6.32. The Labute approximate surface area is 140 Å². The SMILES string of the molecule is COc1ccc(-c2[nH]c3ccc(C(C)C)cc3c2C=O)cc1Cl. The van der Waals surface area contributed by atoms with Crippen molar-refractivity contribution in [2.45, 2.75) is 19.8 Å². The number of H-pyrrole nitrogens is 1. The van der Waals surface area contributed by atoms with Crippen LogP contribution in [-0.2, 0) is 0 Å². The average molecular weight is 328 g/mol. The van der Waals surface area contributed by atoms with Crippen LogP contribution in [-0.4, -0.2) is 18.4 Å². The zero-order valence-corrected chi connectivity index (χ0v) is 14.1. The van der Waals surface area contributed by atoms with Gasteiger partial charge in [-0.05, 0) is 41.8 Å². The number of hydrogen-bond acceptors (Lipinski definition) is 2. The minimum atomic E-state index is 0.410.